The molecule has 1 aliphatic rings. The molecule has 0 fully saturated rings. The Bertz CT molecular complexity index is 484. The van der Waals surface area contributed by atoms with Crippen LogP contribution in [0.1, 0.15) is 33.8 Å². The molecule has 14 heavy (non-hydrogen) atoms. The second-order valence-electron chi connectivity index (χ2n) is 3.54. The molecule has 1 heterocycles. The third-order valence-corrected chi connectivity index (χ3v) is 2.45. The molecule has 0 atom stereocenters. The van der Waals surface area contributed by atoms with Crippen molar-refractivity contribution in [1.82, 2.24) is 4.98 Å². The Hall–Kier alpha value is -1.37. The maximum Gasteiger partial charge on any atom is 0.0664 e. The zero-order valence-electron chi connectivity index (χ0n) is 11.2. The quantitative estimate of drug-likeness (QED) is 0.658. The third kappa shape index (κ3) is 1.77. The lowest BCUT2D eigenvalue weighted by atomic mass is 10.00. The summed E-state index contributed by atoms with van der Waals surface area (Å²) in [6, 6.07) is 1.87. The van der Waals surface area contributed by atoms with Gasteiger partial charge in [-0.2, -0.15) is 0 Å². The van der Waals surface area contributed by atoms with Gasteiger partial charge in [-0.1, -0.05) is 18.2 Å². The molecule has 0 spiro atoms. The number of hydrogen-bond acceptors (Lipinski definition) is 1. The normalized spacial score (nSPS) is 19.5. The molecule has 2 rings (SSSR count). The van der Waals surface area contributed by atoms with Crippen molar-refractivity contribution >= 4 is 5.57 Å². The predicted molar refractivity (Wildman–Crippen MR) is 60.1 cm³/mol. The van der Waals surface area contributed by atoms with Crippen LogP contribution in [0.2, 0.25) is 0 Å². The lowest BCUT2D eigenvalue weighted by Crippen LogP contribution is -1.94. The molecule has 0 unspecified atom stereocenters. The first-order valence-electron chi connectivity index (χ1n) is 6.31. The predicted octanol–water partition coefficient (Wildman–Crippen LogP) is 3.43. The monoisotopic (exact) mass is 188 g/mol. The van der Waals surface area contributed by atoms with Gasteiger partial charge in [-0.3, -0.25) is 4.98 Å². The van der Waals surface area contributed by atoms with Crippen molar-refractivity contribution < 1.29 is 4.11 Å². The zero-order valence-corrected chi connectivity index (χ0v) is 8.25. The first kappa shape index (κ1) is 6.18. The van der Waals surface area contributed by atoms with E-state index in [9.17, 15) is 0 Å². The van der Waals surface area contributed by atoms with Crippen LogP contribution in [0, 0.1) is 13.8 Å². The molecule has 0 N–H and O–H groups in total. The van der Waals surface area contributed by atoms with Crippen LogP contribution in [0.3, 0.4) is 0 Å². The molecule has 1 aliphatic carbocycles. The average molecular weight is 188 g/mol. The number of aromatic nitrogens is 1. The highest BCUT2D eigenvalue weighted by atomic mass is 14.7. The van der Waals surface area contributed by atoms with Crippen molar-refractivity contribution in [2.75, 3.05) is 0 Å². The van der Waals surface area contributed by atoms with Crippen LogP contribution in [0.5, 0.6) is 0 Å². The number of rotatable bonds is 1. The van der Waals surface area contributed by atoms with Crippen LogP contribution in [-0.2, 0) is 0 Å². The minimum absolute atomic E-state index is 0.341. The molecular weight excluding hydrogens is 170 g/mol. The minimum atomic E-state index is -2.07. The van der Waals surface area contributed by atoms with E-state index in [0.29, 0.717) is 5.56 Å². The summed E-state index contributed by atoms with van der Waals surface area (Å²) in [5.41, 5.74) is 3.19. The van der Waals surface area contributed by atoms with Crippen molar-refractivity contribution in [2.24, 2.45) is 0 Å². The van der Waals surface area contributed by atoms with Crippen LogP contribution < -0.4 is 0 Å². The third-order valence-electron chi connectivity index (χ3n) is 2.45. The van der Waals surface area contributed by atoms with Gasteiger partial charge in [0.05, 0.1) is 5.69 Å². The molecule has 0 radical (unpaired) electrons. The lowest BCUT2D eigenvalue weighted by Gasteiger charge is -2.09. The van der Waals surface area contributed by atoms with E-state index in [1.54, 1.807) is 0 Å². The van der Waals surface area contributed by atoms with Crippen molar-refractivity contribution in [2.45, 2.75) is 26.6 Å². The smallest absolute Gasteiger partial charge is 0.0664 e. The van der Waals surface area contributed by atoms with Gasteiger partial charge in [0.25, 0.3) is 0 Å². The van der Waals surface area contributed by atoms with Crippen LogP contribution in [-0.4, -0.2) is 4.98 Å². The van der Waals surface area contributed by atoms with Crippen molar-refractivity contribution in [3.63, 3.8) is 0 Å². The molecule has 0 amide bonds. The fourth-order valence-corrected chi connectivity index (χ4v) is 1.55. The Balaban J connectivity index is 2.37. The van der Waals surface area contributed by atoms with Gasteiger partial charge in [-0.25, -0.2) is 0 Å². The Labute approximate surface area is 89.4 Å². The van der Waals surface area contributed by atoms with E-state index in [-0.39, 0.29) is 0 Å². The summed E-state index contributed by atoms with van der Waals surface area (Å²) < 4.78 is 22.2. The van der Waals surface area contributed by atoms with E-state index in [2.05, 4.69) is 11.1 Å². The van der Waals surface area contributed by atoms with E-state index in [0.717, 1.165) is 24.1 Å². The zero-order chi connectivity index (χ0) is 12.5. The Morgan fingerprint density at radius 3 is 3.00 bits per heavy atom. The summed E-state index contributed by atoms with van der Waals surface area (Å²) in [6.07, 6.45) is 9.65. The largest absolute Gasteiger partial charge is 0.256 e. The molecule has 1 heteroatoms. The molecule has 0 bridgehead atoms. The number of hydrogen-bond donors (Lipinski definition) is 0. The average Bonchev–Trinajstić information content (AvgIpc) is 2.28. The second kappa shape index (κ2) is 3.79. The molecule has 0 saturated carbocycles. The minimum Gasteiger partial charge on any atom is -0.256 e. The lowest BCUT2D eigenvalue weighted by molar-refractivity contribution is 1.03. The van der Waals surface area contributed by atoms with Crippen molar-refractivity contribution in [3.8, 4) is 0 Å². The van der Waals surface area contributed by atoms with Gasteiger partial charge in [0.1, 0.15) is 0 Å². The van der Waals surface area contributed by atoms with Gasteiger partial charge in [-0.05, 0) is 49.4 Å². The molecular formula is C13H15N. The van der Waals surface area contributed by atoms with Crippen molar-refractivity contribution in [1.29, 1.82) is 0 Å². The fourth-order valence-electron chi connectivity index (χ4n) is 1.55. The van der Waals surface area contributed by atoms with Gasteiger partial charge in [-0.15, -0.1) is 0 Å². The highest BCUT2D eigenvalue weighted by Crippen LogP contribution is 2.22. The number of aryl methyl sites for hydroxylation is 2. The van der Waals surface area contributed by atoms with Gasteiger partial charge in [0, 0.05) is 10.3 Å². The number of pyridine rings is 1. The number of allylic oxidation sites excluding steroid dienone is 4. The molecule has 1 nitrogen and oxygen atoms in total. The molecule has 0 aromatic carbocycles. The molecule has 0 saturated heterocycles. The summed E-state index contributed by atoms with van der Waals surface area (Å²) in [7, 11) is 0. The van der Waals surface area contributed by atoms with Gasteiger partial charge in [0.2, 0.25) is 0 Å². The van der Waals surface area contributed by atoms with Crippen LogP contribution in [0.25, 0.3) is 5.57 Å². The molecule has 72 valence electrons. The Morgan fingerprint density at radius 1 is 1.43 bits per heavy atom. The van der Waals surface area contributed by atoms with Gasteiger partial charge in [0.15, 0.2) is 0 Å². The first-order chi connectivity index (χ1) is 7.98. The van der Waals surface area contributed by atoms with Gasteiger partial charge >= 0.3 is 0 Å². The molecule has 0 aliphatic heterocycles. The van der Waals surface area contributed by atoms with Crippen LogP contribution >= 0.6 is 0 Å². The van der Waals surface area contributed by atoms with Crippen LogP contribution in [0.15, 0.2) is 30.5 Å². The highest BCUT2D eigenvalue weighted by molar-refractivity contribution is 5.66. The topological polar surface area (TPSA) is 12.9 Å². The summed E-state index contributed by atoms with van der Waals surface area (Å²) >= 11 is 0. The summed E-state index contributed by atoms with van der Waals surface area (Å²) in [5, 5.41) is 0. The Morgan fingerprint density at radius 2 is 2.36 bits per heavy atom. The SMILES string of the molecule is [2H]C([2H])([2H])c1cnc(C2=CC=CCC2)cc1C. The number of nitrogens with zero attached hydrogens (tertiary/aromatic N) is 1. The van der Waals surface area contributed by atoms with E-state index in [4.69, 9.17) is 4.11 Å². The highest BCUT2D eigenvalue weighted by Gasteiger charge is 2.05. The molecule has 1 aromatic heterocycles. The summed E-state index contributed by atoms with van der Waals surface area (Å²) in [6.45, 7) is -0.247. The maximum absolute atomic E-state index is 7.40. The summed E-state index contributed by atoms with van der Waals surface area (Å²) in [5.74, 6) is 0. The van der Waals surface area contributed by atoms with E-state index in [1.165, 1.54) is 11.8 Å². The van der Waals surface area contributed by atoms with E-state index < -0.39 is 6.85 Å². The van der Waals surface area contributed by atoms with E-state index in [1.807, 2.05) is 25.1 Å². The maximum atomic E-state index is 7.40. The summed E-state index contributed by atoms with van der Waals surface area (Å²) in [4.78, 5) is 4.27. The van der Waals surface area contributed by atoms with Crippen LogP contribution in [0.4, 0.5) is 0 Å². The fraction of sp³-hybridized carbons (Fsp3) is 0.308. The second-order valence-corrected chi connectivity index (χ2v) is 3.54. The first-order valence-corrected chi connectivity index (χ1v) is 4.81. The molecule has 1 aromatic rings. The van der Waals surface area contributed by atoms with Gasteiger partial charge < -0.3 is 0 Å². The standard InChI is InChI=1S/C13H15N/c1-10-8-13(14-9-11(10)2)12-6-4-3-5-7-12/h3-4,6,8-9H,5,7H2,1-2H3/i2D3. The van der Waals surface area contributed by atoms with Crippen molar-refractivity contribution in [3.05, 3.63) is 47.3 Å². The van der Waals surface area contributed by atoms with E-state index >= 15 is 0 Å². The Kier molecular flexibility index (Phi) is 1.67.